The van der Waals surface area contributed by atoms with Gasteiger partial charge in [0.1, 0.15) is 4.60 Å². The maximum Gasteiger partial charge on any atom is 0.179 e. The van der Waals surface area contributed by atoms with Crippen LogP contribution < -0.4 is 20.7 Å². The number of halogens is 3. The normalized spacial score (nSPS) is 11.4. The van der Waals surface area contributed by atoms with Crippen molar-refractivity contribution < 1.29 is 0 Å². The number of pyridine rings is 1. The summed E-state index contributed by atoms with van der Waals surface area (Å²) in [5.41, 5.74) is 1.98. The lowest BCUT2D eigenvalue weighted by atomic mass is 10.1. The van der Waals surface area contributed by atoms with Gasteiger partial charge in [-0.1, -0.05) is 135 Å². The summed E-state index contributed by atoms with van der Waals surface area (Å²) < 4.78 is 2.80. The summed E-state index contributed by atoms with van der Waals surface area (Å²) in [4.78, 5) is 4.78. The summed E-state index contributed by atoms with van der Waals surface area (Å²) in [5.74, 6) is 0. The first kappa shape index (κ1) is 23.4. The maximum atomic E-state index is 4.78. The third-order valence-corrected chi connectivity index (χ3v) is 12.4. The van der Waals surface area contributed by atoms with Crippen LogP contribution in [0.15, 0.2) is 135 Å². The quantitative estimate of drug-likeness (QED) is 0.122. The molecule has 0 N–H and O–H groups in total. The Morgan fingerprint density at radius 2 is 1.00 bits per heavy atom. The van der Waals surface area contributed by atoms with Crippen molar-refractivity contribution in [1.82, 2.24) is 4.98 Å². The SMILES string of the molecule is Brc1cc(Br)nc(-c2cc([Si](c3ccccc3)(c3ccccc3)c3ccccc3)ccc2Br)c1. The second kappa shape index (κ2) is 10.1. The van der Waals surface area contributed by atoms with E-state index in [1.54, 1.807) is 0 Å². The number of hydrogen-bond acceptors (Lipinski definition) is 1. The van der Waals surface area contributed by atoms with E-state index in [1.807, 2.05) is 6.07 Å². The molecular weight excluding hydrogens is 630 g/mol. The summed E-state index contributed by atoms with van der Waals surface area (Å²) >= 11 is 11.0. The van der Waals surface area contributed by atoms with Gasteiger partial charge in [0.25, 0.3) is 0 Å². The van der Waals surface area contributed by atoms with Crippen molar-refractivity contribution in [2.75, 3.05) is 0 Å². The molecule has 0 aliphatic carbocycles. The van der Waals surface area contributed by atoms with Crippen LogP contribution in [0.4, 0.5) is 0 Å². The van der Waals surface area contributed by atoms with Crippen LogP contribution in [0.2, 0.25) is 0 Å². The summed E-state index contributed by atoms with van der Waals surface area (Å²) in [6.45, 7) is 0. The molecule has 5 rings (SSSR count). The van der Waals surface area contributed by atoms with E-state index in [2.05, 4.69) is 163 Å². The summed E-state index contributed by atoms with van der Waals surface area (Å²) in [5, 5.41) is 5.37. The molecule has 5 aromatic rings. The van der Waals surface area contributed by atoms with E-state index in [0.717, 1.165) is 24.8 Å². The smallest absolute Gasteiger partial charge is 0.179 e. The highest BCUT2D eigenvalue weighted by Crippen LogP contribution is 2.30. The van der Waals surface area contributed by atoms with E-state index in [4.69, 9.17) is 4.98 Å². The Labute approximate surface area is 226 Å². The number of nitrogens with zero attached hydrogens (tertiary/aromatic N) is 1. The van der Waals surface area contributed by atoms with Crippen LogP contribution in [0.5, 0.6) is 0 Å². The number of rotatable bonds is 5. The zero-order valence-corrected chi connectivity index (χ0v) is 23.9. The van der Waals surface area contributed by atoms with Gasteiger partial charge in [-0.2, -0.15) is 0 Å². The molecule has 0 aliphatic heterocycles. The first-order valence-corrected chi connectivity index (χ1v) is 15.3. The number of hydrogen-bond donors (Lipinski definition) is 0. The molecule has 1 heterocycles. The van der Waals surface area contributed by atoms with Crippen molar-refractivity contribution >= 4 is 76.6 Å². The van der Waals surface area contributed by atoms with Crippen LogP contribution >= 0.6 is 47.8 Å². The molecule has 34 heavy (non-hydrogen) atoms. The van der Waals surface area contributed by atoms with Crippen LogP contribution in [0.25, 0.3) is 11.3 Å². The Balaban J connectivity index is 1.87. The minimum atomic E-state index is -2.59. The lowest BCUT2D eigenvalue weighted by Crippen LogP contribution is -2.74. The molecule has 0 saturated carbocycles. The predicted octanol–water partition coefficient (Wildman–Crippen LogP) is 6.41. The van der Waals surface area contributed by atoms with Crippen molar-refractivity contribution in [3.05, 3.63) is 135 Å². The van der Waals surface area contributed by atoms with E-state index >= 15 is 0 Å². The molecule has 166 valence electrons. The van der Waals surface area contributed by atoms with Gasteiger partial charge in [0.15, 0.2) is 8.07 Å². The molecule has 0 amide bonds. The molecule has 0 bridgehead atoms. The molecule has 4 aromatic carbocycles. The Kier molecular flexibility index (Phi) is 6.98. The third-order valence-electron chi connectivity index (χ3n) is 6.05. The minimum Gasteiger partial charge on any atom is -0.241 e. The third kappa shape index (κ3) is 4.38. The van der Waals surface area contributed by atoms with Gasteiger partial charge in [0.05, 0.1) is 5.69 Å². The summed E-state index contributed by atoms with van der Waals surface area (Å²) in [7, 11) is -2.59. The fourth-order valence-electron chi connectivity index (χ4n) is 4.62. The number of benzene rings is 4. The average molecular weight is 650 g/mol. The van der Waals surface area contributed by atoms with Gasteiger partial charge in [-0.15, -0.1) is 0 Å². The van der Waals surface area contributed by atoms with Crippen LogP contribution in [-0.4, -0.2) is 13.1 Å². The van der Waals surface area contributed by atoms with E-state index in [1.165, 1.54) is 20.7 Å². The summed E-state index contributed by atoms with van der Waals surface area (Å²) in [6.07, 6.45) is 0. The topological polar surface area (TPSA) is 12.9 Å². The zero-order chi connectivity index (χ0) is 23.5. The van der Waals surface area contributed by atoms with Gasteiger partial charge in [-0.25, -0.2) is 4.98 Å². The molecule has 0 fully saturated rings. The average Bonchev–Trinajstić information content (AvgIpc) is 2.87. The Bertz CT molecular complexity index is 1310. The predicted molar refractivity (Wildman–Crippen MR) is 156 cm³/mol. The van der Waals surface area contributed by atoms with Crippen LogP contribution in [0.3, 0.4) is 0 Å². The second-order valence-corrected chi connectivity index (χ2v) is 14.4. The van der Waals surface area contributed by atoms with Gasteiger partial charge < -0.3 is 0 Å². The monoisotopic (exact) mass is 647 g/mol. The largest absolute Gasteiger partial charge is 0.241 e. The zero-order valence-electron chi connectivity index (χ0n) is 18.1. The molecule has 0 aliphatic rings. The minimum absolute atomic E-state index is 0.798. The Hall–Kier alpha value is -2.31. The standard InChI is InChI=1S/C29H20Br3NSi/c30-21-18-28(33-29(32)19-21)26-20-25(16-17-27(26)31)34(22-10-4-1-5-11-22,23-12-6-2-7-13-23)24-14-8-3-9-15-24/h1-20H. The molecule has 0 radical (unpaired) electrons. The molecule has 0 atom stereocenters. The van der Waals surface area contributed by atoms with E-state index in [0.29, 0.717) is 0 Å². The highest BCUT2D eigenvalue weighted by molar-refractivity contribution is 9.11. The molecule has 1 nitrogen and oxygen atoms in total. The lowest BCUT2D eigenvalue weighted by molar-refractivity contribution is 1.26. The molecule has 1 aromatic heterocycles. The van der Waals surface area contributed by atoms with Gasteiger partial charge in [0, 0.05) is 14.5 Å². The van der Waals surface area contributed by atoms with Crippen LogP contribution in [-0.2, 0) is 0 Å². The van der Waals surface area contributed by atoms with Crippen LogP contribution in [0, 0.1) is 0 Å². The van der Waals surface area contributed by atoms with Gasteiger partial charge in [-0.3, -0.25) is 0 Å². The molecule has 5 heteroatoms. The maximum absolute atomic E-state index is 4.78. The Morgan fingerprint density at radius 3 is 1.47 bits per heavy atom. The second-order valence-electron chi connectivity index (χ2n) is 8.04. The van der Waals surface area contributed by atoms with Crippen molar-refractivity contribution in [2.45, 2.75) is 0 Å². The van der Waals surface area contributed by atoms with Crippen LogP contribution in [0.1, 0.15) is 0 Å². The summed E-state index contributed by atoms with van der Waals surface area (Å²) in [6, 6.07) is 43.6. The van der Waals surface area contributed by atoms with Gasteiger partial charge >= 0.3 is 0 Å². The molecule has 0 saturated heterocycles. The molecular formula is C29H20Br3NSi. The molecule has 0 spiro atoms. The van der Waals surface area contributed by atoms with Crippen molar-refractivity contribution in [3.63, 3.8) is 0 Å². The van der Waals surface area contributed by atoms with Crippen molar-refractivity contribution in [2.24, 2.45) is 0 Å². The van der Waals surface area contributed by atoms with Crippen molar-refractivity contribution in [1.29, 1.82) is 0 Å². The van der Waals surface area contributed by atoms with E-state index in [9.17, 15) is 0 Å². The number of aromatic nitrogens is 1. The van der Waals surface area contributed by atoms with E-state index < -0.39 is 8.07 Å². The first-order valence-electron chi connectivity index (χ1n) is 10.9. The molecule has 0 unspecified atom stereocenters. The fraction of sp³-hybridized carbons (Fsp3) is 0. The lowest BCUT2D eigenvalue weighted by Gasteiger charge is -2.34. The van der Waals surface area contributed by atoms with Gasteiger partial charge in [-0.05, 0) is 54.9 Å². The fourth-order valence-corrected chi connectivity index (χ4v) is 11.0. The highest BCUT2D eigenvalue weighted by Gasteiger charge is 2.41. The highest BCUT2D eigenvalue weighted by atomic mass is 79.9. The van der Waals surface area contributed by atoms with Gasteiger partial charge in [0.2, 0.25) is 0 Å². The first-order chi connectivity index (χ1) is 16.6. The van der Waals surface area contributed by atoms with Crippen molar-refractivity contribution in [3.8, 4) is 11.3 Å². The Morgan fingerprint density at radius 1 is 0.500 bits per heavy atom. The van der Waals surface area contributed by atoms with E-state index in [-0.39, 0.29) is 0 Å².